The molecule has 0 saturated heterocycles. The summed E-state index contributed by atoms with van der Waals surface area (Å²) in [6.45, 7) is 6.25. The monoisotopic (exact) mass is 330 g/mol. The maximum Gasteiger partial charge on any atom is 0.221 e. The average molecular weight is 331 g/mol. The number of halogens is 2. The first-order chi connectivity index (χ1) is 8.90. The van der Waals surface area contributed by atoms with Crippen LogP contribution in [0.5, 0.6) is 0 Å². The maximum atomic E-state index is 13.7. The molecule has 5 heteroatoms. The van der Waals surface area contributed by atoms with E-state index in [2.05, 4.69) is 26.6 Å². The van der Waals surface area contributed by atoms with Crippen LogP contribution in [0.25, 0.3) is 0 Å². The van der Waals surface area contributed by atoms with Crippen molar-refractivity contribution in [2.75, 3.05) is 6.54 Å². The molecule has 1 rings (SSSR count). The molecule has 1 unspecified atom stereocenters. The van der Waals surface area contributed by atoms with Gasteiger partial charge in [-0.1, -0.05) is 22.0 Å². The Kier molecular flexibility index (Phi) is 6.45. The van der Waals surface area contributed by atoms with E-state index in [1.807, 2.05) is 26.8 Å². The molecular formula is C14H20BrFN2O. The minimum Gasteiger partial charge on any atom is -0.354 e. The van der Waals surface area contributed by atoms with Gasteiger partial charge in [-0.05, 0) is 32.9 Å². The fourth-order valence-electron chi connectivity index (χ4n) is 1.76. The van der Waals surface area contributed by atoms with Gasteiger partial charge >= 0.3 is 0 Å². The Bertz CT molecular complexity index is 437. The SMILES string of the molecule is CC(C)NC(=O)CCNC(C)c1ccc(Br)cc1F. The fraction of sp³-hybridized carbons (Fsp3) is 0.500. The van der Waals surface area contributed by atoms with Crippen molar-refractivity contribution in [1.29, 1.82) is 0 Å². The van der Waals surface area contributed by atoms with E-state index in [0.717, 1.165) is 4.47 Å². The zero-order valence-corrected chi connectivity index (χ0v) is 13.1. The average Bonchev–Trinajstić information content (AvgIpc) is 2.27. The Morgan fingerprint density at radius 3 is 2.63 bits per heavy atom. The Hall–Kier alpha value is -0.940. The lowest BCUT2D eigenvalue weighted by atomic mass is 10.1. The molecule has 0 aliphatic heterocycles. The summed E-state index contributed by atoms with van der Waals surface area (Å²) in [6.07, 6.45) is 0.390. The Labute approximate surface area is 122 Å². The first-order valence-electron chi connectivity index (χ1n) is 6.38. The number of benzene rings is 1. The van der Waals surface area contributed by atoms with Crippen molar-refractivity contribution in [2.45, 2.75) is 39.3 Å². The van der Waals surface area contributed by atoms with E-state index in [-0.39, 0.29) is 23.8 Å². The summed E-state index contributed by atoms with van der Waals surface area (Å²) in [7, 11) is 0. The Balaban J connectivity index is 2.43. The van der Waals surface area contributed by atoms with Crippen LogP contribution < -0.4 is 10.6 Å². The van der Waals surface area contributed by atoms with Crippen LogP contribution in [0.1, 0.15) is 38.8 Å². The van der Waals surface area contributed by atoms with Gasteiger partial charge in [-0.15, -0.1) is 0 Å². The van der Waals surface area contributed by atoms with Crippen molar-refractivity contribution < 1.29 is 9.18 Å². The molecule has 1 atom stereocenters. The van der Waals surface area contributed by atoms with Crippen molar-refractivity contribution in [1.82, 2.24) is 10.6 Å². The second kappa shape index (κ2) is 7.60. The van der Waals surface area contributed by atoms with Crippen molar-refractivity contribution in [2.24, 2.45) is 0 Å². The van der Waals surface area contributed by atoms with E-state index >= 15 is 0 Å². The summed E-state index contributed by atoms with van der Waals surface area (Å²) in [5.74, 6) is -0.244. The standard InChI is InChI=1S/C14H20BrFN2O/c1-9(2)18-14(19)6-7-17-10(3)12-5-4-11(15)8-13(12)16/h4-5,8-10,17H,6-7H2,1-3H3,(H,18,19). The predicted octanol–water partition coefficient (Wildman–Crippen LogP) is 3.15. The minimum absolute atomic E-state index is 0.00554. The lowest BCUT2D eigenvalue weighted by Gasteiger charge is -2.15. The van der Waals surface area contributed by atoms with E-state index in [9.17, 15) is 9.18 Å². The van der Waals surface area contributed by atoms with Crippen molar-refractivity contribution in [3.63, 3.8) is 0 Å². The largest absolute Gasteiger partial charge is 0.354 e. The summed E-state index contributed by atoms with van der Waals surface area (Å²) in [4.78, 5) is 11.5. The van der Waals surface area contributed by atoms with E-state index in [1.165, 1.54) is 6.07 Å². The molecule has 0 bridgehead atoms. The quantitative estimate of drug-likeness (QED) is 0.841. The van der Waals surface area contributed by atoms with Gasteiger partial charge in [0.2, 0.25) is 5.91 Å². The van der Waals surface area contributed by atoms with Gasteiger partial charge in [0, 0.05) is 35.1 Å². The molecule has 1 aromatic carbocycles. The number of hydrogen-bond acceptors (Lipinski definition) is 2. The van der Waals surface area contributed by atoms with E-state index < -0.39 is 0 Å². The van der Waals surface area contributed by atoms with Crippen molar-refractivity contribution in [3.8, 4) is 0 Å². The summed E-state index contributed by atoms with van der Waals surface area (Å²) in [5, 5.41) is 5.96. The molecule has 19 heavy (non-hydrogen) atoms. The molecule has 1 aromatic rings. The summed E-state index contributed by atoms with van der Waals surface area (Å²) in [6, 6.07) is 5.01. The molecule has 0 aliphatic carbocycles. The number of carbonyl (C=O) groups is 1. The van der Waals surface area contributed by atoms with Crippen LogP contribution in [0.3, 0.4) is 0 Å². The van der Waals surface area contributed by atoms with Gasteiger partial charge in [0.05, 0.1) is 0 Å². The molecule has 106 valence electrons. The molecule has 0 aliphatic rings. The van der Waals surface area contributed by atoms with E-state index in [4.69, 9.17) is 0 Å². The molecule has 0 fully saturated rings. The predicted molar refractivity (Wildman–Crippen MR) is 78.4 cm³/mol. The molecule has 0 heterocycles. The fourth-order valence-corrected chi connectivity index (χ4v) is 2.09. The van der Waals surface area contributed by atoms with E-state index in [0.29, 0.717) is 18.5 Å². The molecule has 0 aromatic heterocycles. The highest BCUT2D eigenvalue weighted by atomic mass is 79.9. The molecule has 0 radical (unpaired) electrons. The lowest BCUT2D eigenvalue weighted by molar-refractivity contribution is -0.121. The highest BCUT2D eigenvalue weighted by Gasteiger charge is 2.11. The van der Waals surface area contributed by atoms with Crippen LogP contribution in [0.15, 0.2) is 22.7 Å². The first kappa shape index (κ1) is 16.1. The molecule has 0 spiro atoms. The van der Waals surface area contributed by atoms with Gasteiger partial charge in [0.15, 0.2) is 0 Å². The molecular weight excluding hydrogens is 311 g/mol. The summed E-state index contributed by atoms with van der Waals surface area (Å²) >= 11 is 3.23. The van der Waals surface area contributed by atoms with Crippen LogP contribution in [-0.2, 0) is 4.79 Å². The van der Waals surface area contributed by atoms with Crippen LogP contribution >= 0.6 is 15.9 Å². The Morgan fingerprint density at radius 1 is 1.37 bits per heavy atom. The van der Waals surface area contributed by atoms with Crippen molar-refractivity contribution >= 4 is 21.8 Å². The summed E-state index contributed by atoms with van der Waals surface area (Å²) < 4.78 is 14.4. The Morgan fingerprint density at radius 2 is 2.05 bits per heavy atom. The number of hydrogen-bond donors (Lipinski definition) is 2. The molecule has 2 N–H and O–H groups in total. The zero-order chi connectivity index (χ0) is 14.4. The van der Waals surface area contributed by atoms with Gasteiger partial charge in [-0.2, -0.15) is 0 Å². The van der Waals surface area contributed by atoms with Gasteiger partial charge < -0.3 is 10.6 Å². The smallest absolute Gasteiger partial charge is 0.221 e. The van der Waals surface area contributed by atoms with Crippen molar-refractivity contribution in [3.05, 3.63) is 34.1 Å². The minimum atomic E-state index is -0.249. The van der Waals surface area contributed by atoms with Crippen LogP contribution in [0, 0.1) is 5.82 Å². The second-order valence-electron chi connectivity index (χ2n) is 4.81. The maximum absolute atomic E-state index is 13.7. The first-order valence-corrected chi connectivity index (χ1v) is 7.17. The van der Waals surface area contributed by atoms with Gasteiger partial charge in [-0.25, -0.2) is 4.39 Å². The lowest BCUT2D eigenvalue weighted by Crippen LogP contribution is -2.33. The second-order valence-corrected chi connectivity index (χ2v) is 5.73. The van der Waals surface area contributed by atoms with E-state index in [1.54, 1.807) is 6.07 Å². The number of nitrogens with one attached hydrogen (secondary N) is 2. The number of carbonyl (C=O) groups excluding carboxylic acids is 1. The number of rotatable bonds is 6. The van der Waals surface area contributed by atoms with Crippen LogP contribution in [0.4, 0.5) is 4.39 Å². The third kappa shape index (κ3) is 5.70. The van der Waals surface area contributed by atoms with Crippen LogP contribution in [0.2, 0.25) is 0 Å². The highest BCUT2D eigenvalue weighted by Crippen LogP contribution is 2.20. The number of amides is 1. The highest BCUT2D eigenvalue weighted by molar-refractivity contribution is 9.10. The normalized spacial score (nSPS) is 12.5. The third-order valence-corrected chi connectivity index (χ3v) is 3.17. The zero-order valence-electron chi connectivity index (χ0n) is 11.5. The molecule has 0 saturated carbocycles. The van der Waals surface area contributed by atoms with Gasteiger partial charge in [0.1, 0.15) is 5.82 Å². The molecule has 1 amide bonds. The topological polar surface area (TPSA) is 41.1 Å². The van der Waals surface area contributed by atoms with Crippen LogP contribution in [-0.4, -0.2) is 18.5 Å². The van der Waals surface area contributed by atoms with Gasteiger partial charge in [0.25, 0.3) is 0 Å². The molecule has 3 nitrogen and oxygen atoms in total. The third-order valence-electron chi connectivity index (χ3n) is 2.68. The summed E-state index contributed by atoms with van der Waals surface area (Å²) in [5.41, 5.74) is 0.604. The van der Waals surface area contributed by atoms with Gasteiger partial charge in [-0.3, -0.25) is 4.79 Å².